The van der Waals surface area contributed by atoms with E-state index in [1.54, 1.807) is 0 Å². The molecule has 0 heterocycles. The van der Waals surface area contributed by atoms with Gasteiger partial charge in [-0.15, -0.1) is 0 Å². The number of fused-ring (bicyclic) bond motifs is 1. The SMILES string of the molecule is O=C(O)c1ccc(S(=O)(=O)NC2Cc3ccccc32)cc1F. The summed E-state index contributed by atoms with van der Waals surface area (Å²) in [6.45, 7) is 0. The largest absolute Gasteiger partial charge is 0.478 e. The zero-order valence-electron chi connectivity index (χ0n) is 11.3. The maximum Gasteiger partial charge on any atom is 0.338 e. The molecule has 0 aliphatic heterocycles. The van der Waals surface area contributed by atoms with Crippen LogP contribution < -0.4 is 4.72 Å². The minimum Gasteiger partial charge on any atom is -0.478 e. The molecule has 7 heteroatoms. The van der Waals surface area contributed by atoms with E-state index in [0.29, 0.717) is 6.42 Å². The van der Waals surface area contributed by atoms with E-state index < -0.39 is 27.4 Å². The summed E-state index contributed by atoms with van der Waals surface area (Å²) in [5.41, 5.74) is 1.41. The highest BCUT2D eigenvalue weighted by atomic mass is 32.2. The van der Waals surface area contributed by atoms with Crippen LogP contribution in [0.4, 0.5) is 4.39 Å². The number of carboxylic acids is 1. The summed E-state index contributed by atoms with van der Waals surface area (Å²) in [5, 5.41) is 8.76. The first-order chi connectivity index (χ1) is 10.4. The summed E-state index contributed by atoms with van der Waals surface area (Å²) in [5.74, 6) is -2.52. The Balaban J connectivity index is 1.86. The molecule has 0 amide bonds. The number of carboxylic acid groups (broad SMARTS) is 1. The normalized spacial score (nSPS) is 16.7. The van der Waals surface area contributed by atoms with Crippen LogP contribution in [0.3, 0.4) is 0 Å². The lowest BCUT2D eigenvalue weighted by Gasteiger charge is -2.30. The number of benzene rings is 2. The van der Waals surface area contributed by atoms with Gasteiger partial charge in [0.1, 0.15) is 5.82 Å². The Labute approximate surface area is 126 Å². The molecule has 0 saturated carbocycles. The summed E-state index contributed by atoms with van der Waals surface area (Å²) < 4.78 is 40.6. The molecule has 22 heavy (non-hydrogen) atoms. The maximum atomic E-state index is 13.6. The molecule has 3 rings (SSSR count). The number of hydrogen-bond acceptors (Lipinski definition) is 3. The average molecular weight is 321 g/mol. The van der Waals surface area contributed by atoms with Crippen LogP contribution in [0.1, 0.15) is 27.5 Å². The fraction of sp³-hybridized carbons (Fsp3) is 0.133. The van der Waals surface area contributed by atoms with E-state index in [9.17, 15) is 17.6 Å². The molecule has 2 aromatic carbocycles. The van der Waals surface area contributed by atoms with Gasteiger partial charge in [-0.2, -0.15) is 0 Å². The lowest BCUT2D eigenvalue weighted by atomic mass is 9.84. The number of sulfonamides is 1. The van der Waals surface area contributed by atoms with Gasteiger partial charge in [-0.1, -0.05) is 24.3 Å². The molecule has 0 spiro atoms. The number of carbonyl (C=O) groups is 1. The monoisotopic (exact) mass is 321 g/mol. The first-order valence-electron chi connectivity index (χ1n) is 6.51. The number of halogens is 1. The van der Waals surface area contributed by atoms with E-state index >= 15 is 0 Å². The van der Waals surface area contributed by atoms with Gasteiger partial charge in [-0.25, -0.2) is 22.3 Å². The van der Waals surface area contributed by atoms with Crippen molar-refractivity contribution in [2.24, 2.45) is 0 Å². The third-order valence-corrected chi connectivity index (χ3v) is 5.10. The maximum absolute atomic E-state index is 13.6. The van der Waals surface area contributed by atoms with Crippen LogP contribution in [0.25, 0.3) is 0 Å². The van der Waals surface area contributed by atoms with Crippen molar-refractivity contribution < 1.29 is 22.7 Å². The Morgan fingerprint density at radius 3 is 2.59 bits per heavy atom. The minimum absolute atomic E-state index is 0.292. The van der Waals surface area contributed by atoms with Crippen LogP contribution >= 0.6 is 0 Å². The Bertz CT molecular complexity index is 864. The van der Waals surface area contributed by atoms with E-state index in [-0.39, 0.29) is 10.9 Å². The van der Waals surface area contributed by atoms with Crippen LogP contribution in [0.15, 0.2) is 47.4 Å². The molecule has 5 nitrogen and oxygen atoms in total. The third-order valence-electron chi connectivity index (χ3n) is 3.63. The van der Waals surface area contributed by atoms with E-state index in [2.05, 4.69) is 4.72 Å². The Morgan fingerprint density at radius 1 is 1.23 bits per heavy atom. The molecule has 2 aromatic rings. The minimum atomic E-state index is -3.91. The summed E-state index contributed by atoms with van der Waals surface area (Å²) in [6.07, 6.45) is 0.574. The number of nitrogens with one attached hydrogen (secondary N) is 1. The molecule has 0 bridgehead atoms. The predicted octanol–water partition coefficient (Wildman–Crippen LogP) is 2.10. The lowest BCUT2D eigenvalue weighted by Crippen LogP contribution is -2.35. The predicted molar refractivity (Wildman–Crippen MR) is 76.6 cm³/mol. The fourth-order valence-corrected chi connectivity index (χ4v) is 3.68. The van der Waals surface area contributed by atoms with Crippen LogP contribution in [0.5, 0.6) is 0 Å². The van der Waals surface area contributed by atoms with Crippen LogP contribution in [0, 0.1) is 5.82 Å². The lowest BCUT2D eigenvalue weighted by molar-refractivity contribution is 0.0691. The summed E-state index contributed by atoms with van der Waals surface area (Å²) in [6, 6.07) is 9.85. The molecule has 1 aliphatic carbocycles. The van der Waals surface area contributed by atoms with Crippen molar-refractivity contribution in [1.82, 2.24) is 4.72 Å². The van der Waals surface area contributed by atoms with Crippen molar-refractivity contribution in [1.29, 1.82) is 0 Å². The second-order valence-electron chi connectivity index (χ2n) is 5.02. The standard InChI is InChI=1S/C15H12FNO4S/c16-13-8-10(5-6-12(13)15(18)19)22(20,21)17-14-7-9-3-1-2-4-11(9)14/h1-6,8,14,17H,7H2,(H,18,19). The van der Waals surface area contributed by atoms with Gasteiger partial charge in [-0.3, -0.25) is 0 Å². The molecule has 0 radical (unpaired) electrons. The Kier molecular flexibility index (Phi) is 3.46. The summed E-state index contributed by atoms with van der Waals surface area (Å²) in [4.78, 5) is 10.5. The van der Waals surface area contributed by atoms with Crippen molar-refractivity contribution >= 4 is 16.0 Å². The van der Waals surface area contributed by atoms with Gasteiger partial charge in [-0.05, 0) is 35.7 Å². The van der Waals surface area contributed by atoms with E-state index in [0.717, 1.165) is 29.3 Å². The highest BCUT2D eigenvalue weighted by Gasteiger charge is 2.30. The van der Waals surface area contributed by atoms with E-state index in [4.69, 9.17) is 5.11 Å². The molecular formula is C15H12FNO4S. The first kappa shape index (κ1) is 14.7. The quantitative estimate of drug-likeness (QED) is 0.903. The molecule has 1 atom stereocenters. The summed E-state index contributed by atoms with van der Waals surface area (Å²) >= 11 is 0. The molecule has 1 unspecified atom stereocenters. The second kappa shape index (κ2) is 5.19. The van der Waals surface area contributed by atoms with Gasteiger partial charge in [0.05, 0.1) is 16.5 Å². The Morgan fingerprint density at radius 2 is 1.95 bits per heavy atom. The van der Waals surface area contributed by atoms with Gasteiger partial charge in [0.15, 0.2) is 0 Å². The smallest absolute Gasteiger partial charge is 0.338 e. The number of rotatable bonds is 4. The molecule has 1 aliphatic rings. The molecule has 0 saturated heterocycles. The highest BCUT2D eigenvalue weighted by Crippen LogP contribution is 2.33. The Hall–Kier alpha value is -2.25. The van der Waals surface area contributed by atoms with Crippen LogP contribution in [0.2, 0.25) is 0 Å². The van der Waals surface area contributed by atoms with Crippen LogP contribution in [-0.2, 0) is 16.4 Å². The molecule has 2 N–H and O–H groups in total. The zero-order valence-corrected chi connectivity index (χ0v) is 12.1. The fourth-order valence-electron chi connectivity index (χ4n) is 2.46. The van der Waals surface area contributed by atoms with Crippen molar-refractivity contribution in [2.45, 2.75) is 17.4 Å². The van der Waals surface area contributed by atoms with Gasteiger partial charge in [0.25, 0.3) is 0 Å². The topological polar surface area (TPSA) is 83.5 Å². The van der Waals surface area contributed by atoms with Crippen molar-refractivity contribution in [3.8, 4) is 0 Å². The highest BCUT2D eigenvalue weighted by molar-refractivity contribution is 7.89. The molecule has 0 fully saturated rings. The van der Waals surface area contributed by atoms with Crippen molar-refractivity contribution in [2.75, 3.05) is 0 Å². The number of aromatic carboxylic acids is 1. The van der Waals surface area contributed by atoms with Gasteiger partial charge in [0, 0.05) is 0 Å². The van der Waals surface area contributed by atoms with E-state index in [1.807, 2.05) is 24.3 Å². The second-order valence-corrected chi connectivity index (χ2v) is 6.74. The average Bonchev–Trinajstić information content (AvgIpc) is 2.44. The molecule has 0 aromatic heterocycles. The number of hydrogen-bond donors (Lipinski definition) is 2. The zero-order chi connectivity index (χ0) is 15.9. The van der Waals surface area contributed by atoms with E-state index in [1.165, 1.54) is 0 Å². The van der Waals surface area contributed by atoms with Crippen molar-refractivity contribution in [3.05, 3.63) is 65.0 Å². The van der Waals surface area contributed by atoms with Crippen molar-refractivity contribution in [3.63, 3.8) is 0 Å². The first-order valence-corrected chi connectivity index (χ1v) is 8.00. The third kappa shape index (κ3) is 2.49. The van der Waals surface area contributed by atoms with Crippen LogP contribution in [-0.4, -0.2) is 19.5 Å². The van der Waals surface area contributed by atoms with Gasteiger partial charge < -0.3 is 5.11 Å². The molecule has 114 valence electrons. The molecular weight excluding hydrogens is 309 g/mol. The van der Waals surface area contributed by atoms with Gasteiger partial charge in [0.2, 0.25) is 10.0 Å². The van der Waals surface area contributed by atoms with Gasteiger partial charge >= 0.3 is 5.97 Å². The summed E-state index contributed by atoms with van der Waals surface area (Å²) in [7, 11) is -3.91.